The molecule has 1 aliphatic heterocycles. The molecule has 0 aromatic heterocycles. The smallest absolute Gasteiger partial charge is 0.242 e. The lowest BCUT2D eigenvalue weighted by Gasteiger charge is -2.26. The molecule has 20 heavy (non-hydrogen) atoms. The van der Waals surface area contributed by atoms with Crippen molar-refractivity contribution in [3.05, 3.63) is 28.8 Å². The number of rotatable bonds is 2. The van der Waals surface area contributed by atoms with Crippen LogP contribution in [0.1, 0.15) is 23.6 Å². The van der Waals surface area contributed by atoms with Gasteiger partial charge in [-0.25, -0.2) is 0 Å². The second kappa shape index (κ2) is 5.97. The molecule has 108 valence electrons. The molecule has 2 rings (SSSR count). The van der Waals surface area contributed by atoms with E-state index in [1.807, 2.05) is 20.8 Å². The predicted molar refractivity (Wildman–Crippen MR) is 83.1 cm³/mol. The molecular weight excluding hydrogens is 272 g/mol. The minimum absolute atomic E-state index is 0.0769. The Balaban J connectivity index is 2.11. The second-order valence-electron chi connectivity index (χ2n) is 5.33. The van der Waals surface area contributed by atoms with Gasteiger partial charge in [-0.05, 0) is 38.8 Å². The number of hydrogen-bond acceptors (Lipinski definition) is 4. The van der Waals surface area contributed by atoms with Crippen LogP contribution >= 0.6 is 11.8 Å². The van der Waals surface area contributed by atoms with Crippen LogP contribution < -0.4 is 10.6 Å². The molecule has 1 aromatic rings. The first-order chi connectivity index (χ1) is 9.38. The van der Waals surface area contributed by atoms with Crippen molar-refractivity contribution in [2.45, 2.75) is 39.8 Å². The van der Waals surface area contributed by atoms with Crippen LogP contribution in [0, 0.1) is 20.8 Å². The van der Waals surface area contributed by atoms with E-state index < -0.39 is 0 Å². The molecule has 0 radical (unpaired) electrons. The highest BCUT2D eigenvalue weighted by Crippen LogP contribution is 2.23. The Morgan fingerprint density at radius 3 is 2.45 bits per heavy atom. The lowest BCUT2D eigenvalue weighted by molar-refractivity contribution is -0.118. The van der Waals surface area contributed by atoms with Gasteiger partial charge < -0.3 is 5.32 Å². The number of amides is 1. The monoisotopic (exact) mass is 292 g/mol. The topological polar surface area (TPSA) is 58.2 Å². The van der Waals surface area contributed by atoms with Crippen LogP contribution in [0.15, 0.2) is 12.1 Å². The van der Waals surface area contributed by atoms with Gasteiger partial charge in [0.1, 0.15) is 0 Å². The predicted octanol–water partition coefficient (Wildman–Crippen LogP) is 2.17. The summed E-state index contributed by atoms with van der Waals surface area (Å²) in [5.74, 6) is 0.408. The maximum atomic E-state index is 12.3. The van der Waals surface area contributed by atoms with Gasteiger partial charge in [0.15, 0.2) is 0 Å². The highest BCUT2D eigenvalue weighted by Gasteiger charge is 2.30. The minimum atomic E-state index is -0.326. The SMILES string of the molecule is Cc1cc(C)c(NC(=O)[C@H]2CSC(=O)[C@@H](C)N2)c(C)c1. The van der Waals surface area contributed by atoms with Crippen molar-refractivity contribution in [2.75, 3.05) is 11.1 Å². The summed E-state index contributed by atoms with van der Waals surface area (Å²) in [6.07, 6.45) is 0. The average Bonchev–Trinajstić information content (AvgIpc) is 2.36. The zero-order chi connectivity index (χ0) is 14.9. The fourth-order valence-electron chi connectivity index (χ4n) is 2.45. The van der Waals surface area contributed by atoms with Crippen molar-refractivity contribution in [3.8, 4) is 0 Å². The molecule has 2 atom stereocenters. The summed E-state index contributed by atoms with van der Waals surface area (Å²) in [5, 5.41) is 6.13. The third kappa shape index (κ3) is 3.22. The maximum Gasteiger partial charge on any atom is 0.242 e. The molecule has 0 bridgehead atoms. The summed E-state index contributed by atoms with van der Waals surface area (Å²) in [7, 11) is 0. The van der Waals surface area contributed by atoms with E-state index in [1.165, 1.54) is 17.3 Å². The third-order valence-electron chi connectivity index (χ3n) is 3.44. The van der Waals surface area contributed by atoms with E-state index >= 15 is 0 Å². The number of aryl methyl sites for hydroxylation is 3. The Hall–Kier alpha value is -1.33. The maximum absolute atomic E-state index is 12.3. The molecule has 1 amide bonds. The van der Waals surface area contributed by atoms with E-state index in [2.05, 4.69) is 22.8 Å². The zero-order valence-corrected chi connectivity index (χ0v) is 13.1. The Kier molecular flexibility index (Phi) is 4.50. The normalized spacial score (nSPS) is 22.7. The van der Waals surface area contributed by atoms with Crippen LogP contribution in [0.2, 0.25) is 0 Å². The first-order valence-corrected chi connectivity index (χ1v) is 7.68. The van der Waals surface area contributed by atoms with Crippen LogP contribution in [0.3, 0.4) is 0 Å². The van der Waals surface area contributed by atoms with Crippen LogP contribution in [-0.4, -0.2) is 28.9 Å². The number of nitrogens with one attached hydrogen (secondary N) is 2. The fraction of sp³-hybridized carbons (Fsp3) is 0.467. The highest BCUT2D eigenvalue weighted by atomic mass is 32.2. The fourth-order valence-corrected chi connectivity index (χ4v) is 3.34. The first-order valence-electron chi connectivity index (χ1n) is 6.70. The molecule has 0 aliphatic carbocycles. The molecule has 4 nitrogen and oxygen atoms in total. The number of hydrogen-bond donors (Lipinski definition) is 2. The van der Waals surface area contributed by atoms with Gasteiger partial charge in [0.25, 0.3) is 0 Å². The number of benzene rings is 1. The summed E-state index contributed by atoms with van der Waals surface area (Å²) in [6, 6.07) is 3.51. The molecule has 0 spiro atoms. The summed E-state index contributed by atoms with van der Waals surface area (Å²) in [6.45, 7) is 7.81. The lowest BCUT2D eigenvalue weighted by atomic mass is 10.0. The van der Waals surface area contributed by atoms with Crippen molar-refractivity contribution < 1.29 is 9.59 Å². The van der Waals surface area contributed by atoms with E-state index in [0.29, 0.717) is 5.75 Å². The van der Waals surface area contributed by atoms with Gasteiger partial charge in [-0.3, -0.25) is 14.9 Å². The van der Waals surface area contributed by atoms with Gasteiger partial charge in [-0.15, -0.1) is 0 Å². The van der Waals surface area contributed by atoms with E-state index in [9.17, 15) is 9.59 Å². The zero-order valence-electron chi connectivity index (χ0n) is 12.2. The summed E-state index contributed by atoms with van der Waals surface area (Å²) in [4.78, 5) is 23.7. The Bertz CT molecular complexity index is 534. The molecule has 1 fully saturated rings. The summed E-state index contributed by atoms with van der Waals surface area (Å²) in [5.41, 5.74) is 4.17. The van der Waals surface area contributed by atoms with Gasteiger partial charge in [0, 0.05) is 11.4 Å². The molecule has 1 aliphatic rings. The molecule has 0 saturated carbocycles. The van der Waals surface area contributed by atoms with Gasteiger partial charge in [0.2, 0.25) is 11.0 Å². The van der Waals surface area contributed by atoms with E-state index in [1.54, 1.807) is 6.92 Å². The molecule has 1 heterocycles. The van der Waals surface area contributed by atoms with E-state index in [4.69, 9.17) is 0 Å². The second-order valence-corrected chi connectivity index (χ2v) is 6.36. The molecule has 1 aromatic carbocycles. The lowest BCUT2D eigenvalue weighted by Crippen LogP contribution is -2.52. The number of carbonyl (C=O) groups excluding carboxylic acids is 2. The number of anilines is 1. The van der Waals surface area contributed by atoms with Crippen LogP contribution in [0.4, 0.5) is 5.69 Å². The van der Waals surface area contributed by atoms with Gasteiger partial charge in [0.05, 0.1) is 12.1 Å². The molecule has 2 N–H and O–H groups in total. The summed E-state index contributed by atoms with van der Waals surface area (Å²) < 4.78 is 0. The standard InChI is InChI=1S/C15H20N2O2S/c1-8-5-9(2)13(10(3)6-8)17-14(18)12-7-20-15(19)11(4)16-12/h5-6,11-12,16H,7H2,1-4H3,(H,17,18)/t11-,12-/m1/s1. The number of carbonyl (C=O) groups is 2. The molecule has 5 heteroatoms. The molecule has 1 saturated heterocycles. The average molecular weight is 292 g/mol. The Labute approximate surface area is 123 Å². The largest absolute Gasteiger partial charge is 0.324 e. The number of thioether (sulfide) groups is 1. The third-order valence-corrected chi connectivity index (χ3v) is 4.58. The van der Waals surface area contributed by atoms with Crippen molar-refractivity contribution in [3.63, 3.8) is 0 Å². The van der Waals surface area contributed by atoms with Crippen LogP contribution in [0.25, 0.3) is 0 Å². The molecular formula is C15H20N2O2S. The Morgan fingerprint density at radius 1 is 1.30 bits per heavy atom. The van der Waals surface area contributed by atoms with Gasteiger partial charge >= 0.3 is 0 Å². The summed E-state index contributed by atoms with van der Waals surface area (Å²) >= 11 is 1.22. The highest BCUT2D eigenvalue weighted by molar-refractivity contribution is 8.13. The Morgan fingerprint density at radius 2 is 1.90 bits per heavy atom. The van der Waals surface area contributed by atoms with Crippen LogP contribution in [-0.2, 0) is 9.59 Å². The van der Waals surface area contributed by atoms with E-state index in [0.717, 1.165) is 16.8 Å². The van der Waals surface area contributed by atoms with Crippen molar-refractivity contribution in [1.29, 1.82) is 0 Å². The first kappa shape index (κ1) is 15.1. The van der Waals surface area contributed by atoms with Gasteiger partial charge in [-0.2, -0.15) is 0 Å². The quantitative estimate of drug-likeness (QED) is 0.877. The minimum Gasteiger partial charge on any atom is -0.324 e. The van der Waals surface area contributed by atoms with Crippen molar-refractivity contribution in [2.24, 2.45) is 0 Å². The van der Waals surface area contributed by atoms with E-state index in [-0.39, 0.29) is 23.1 Å². The van der Waals surface area contributed by atoms with Crippen LogP contribution in [0.5, 0.6) is 0 Å². The van der Waals surface area contributed by atoms with Crippen molar-refractivity contribution in [1.82, 2.24) is 5.32 Å². The van der Waals surface area contributed by atoms with Crippen molar-refractivity contribution >= 4 is 28.5 Å². The van der Waals surface area contributed by atoms with Gasteiger partial charge in [-0.1, -0.05) is 29.5 Å². The molecule has 0 unspecified atom stereocenters.